The summed E-state index contributed by atoms with van der Waals surface area (Å²) in [6.07, 6.45) is 2.10. The monoisotopic (exact) mass is 292 g/mol. The fourth-order valence-electron chi connectivity index (χ4n) is 1.49. The summed E-state index contributed by atoms with van der Waals surface area (Å²) in [5.41, 5.74) is 5.98. The lowest BCUT2D eigenvalue weighted by molar-refractivity contribution is 0.102. The van der Waals surface area contributed by atoms with E-state index in [2.05, 4.69) is 22.4 Å². The van der Waals surface area contributed by atoms with Crippen molar-refractivity contribution in [3.63, 3.8) is 0 Å². The third-order valence-corrected chi connectivity index (χ3v) is 3.21. The quantitative estimate of drug-likeness (QED) is 0.798. The average Bonchev–Trinajstić information content (AvgIpc) is 2.85. The maximum Gasteiger partial charge on any atom is 0.257 e. The summed E-state index contributed by atoms with van der Waals surface area (Å²) < 4.78 is 5.53. The van der Waals surface area contributed by atoms with Crippen molar-refractivity contribution >= 4 is 27.5 Å². The molecule has 6 nitrogen and oxygen atoms in total. The number of unbranched alkanes of at least 4 members (excludes halogenated alkanes) is 1. The predicted octanol–water partition coefficient (Wildman–Crippen LogP) is 2.55. The van der Waals surface area contributed by atoms with E-state index in [1.165, 1.54) is 0 Å². The number of benzene rings is 1. The third kappa shape index (κ3) is 3.92. The number of nitrogen functional groups attached to an aromatic ring is 1. The highest BCUT2D eigenvalue weighted by Gasteiger charge is 2.09. The van der Waals surface area contributed by atoms with Crippen LogP contribution in [0.25, 0.3) is 0 Å². The van der Waals surface area contributed by atoms with Gasteiger partial charge in [-0.15, -0.1) is 10.2 Å². The van der Waals surface area contributed by atoms with Crippen LogP contribution < -0.4 is 15.8 Å². The first-order chi connectivity index (χ1) is 9.69. The van der Waals surface area contributed by atoms with Crippen molar-refractivity contribution < 1.29 is 9.53 Å². The first kappa shape index (κ1) is 14.3. The van der Waals surface area contributed by atoms with E-state index in [1.54, 1.807) is 24.3 Å². The molecule has 106 valence electrons. The summed E-state index contributed by atoms with van der Waals surface area (Å²) >= 11 is 1.13. The molecule has 7 heteroatoms. The number of hydrogen-bond donors (Lipinski definition) is 2. The highest BCUT2D eigenvalue weighted by molar-refractivity contribution is 7.19. The summed E-state index contributed by atoms with van der Waals surface area (Å²) in [7, 11) is 0. The average molecular weight is 292 g/mol. The maximum absolute atomic E-state index is 11.9. The molecule has 3 N–H and O–H groups in total. The molecule has 0 bridgehead atoms. The third-order valence-electron chi connectivity index (χ3n) is 2.54. The molecule has 0 aliphatic carbocycles. The van der Waals surface area contributed by atoms with Crippen molar-refractivity contribution in [1.29, 1.82) is 0 Å². The van der Waals surface area contributed by atoms with E-state index in [4.69, 9.17) is 10.5 Å². The first-order valence-electron chi connectivity index (χ1n) is 6.32. The molecule has 1 heterocycles. The molecule has 20 heavy (non-hydrogen) atoms. The van der Waals surface area contributed by atoms with Crippen LogP contribution in [0, 0.1) is 0 Å². The summed E-state index contributed by atoms with van der Waals surface area (Å²) in [4.78, 5) is 11.9. The number of ether oxygens (including phenoxy) is 1. The van der Waals surface area contributed by atoms with Gasteiger partial charge in [0.15, 0.2) is 0 Å². The topological polar surface area (TPSA) is 90.1 Å². The molecule has 0 atom stereocenters. The van der Waals surface area contributed by atoms with E-state index < -0.39 is 0 Å². The van der Waals surface area contributed by atoms with Crippen LogP contribution in [0.2, 0.25) is 0 Å². The smallest absolute Gasteiger partial charge is 0.257 e. The van der Waals surface area contributed by atoms with Crippen LogP contribution in [0.3, 0.4) is 0 Å². The minimum atomic E-state index is -0.249. The van der Waals surface area contributed by atoms with Gasteiger partial charge in [0.2, 0.25) is 10.3 Å². The Balaban J connectivity index is 1.93. The molecule has 0 aliphatic heterocycles. The van der Waals surface area contributed by atoms with Gasteiger partial charge in [0, 0.05) is 5.56 Å². The molecular weight excluding hydrogens is 276 g/mol. The largest absolute Gasteiger partial charge is 0.494 e. The van der Waals surface area contributed by atoms with Crippen molar-refractivity contribution in [1.82, 2.24) is 10.2 Å². The van der Waals surface area contributed by atoms with Crippen molar-refractivity contribution in [2.45, 2.75) is 19.8 Å². The molecule has 1 aromatic heterocycles. The molecule has 2 rings (SSSR count). The van der Waals surface area contributed by atoms with Crippen LogP contribution in [0.15, 0.2) is 24.3 Å². The molecule has 1 amide bonds. The fraction of sp³-hybridized carbons (Fsp3) is 0.308. The molecule has 2 aromatic rings. The Bertz CT molecular complexity index is 568. The molecule has 0 aliphatic rings. The number of nitrogens with one attached hydrogen (secondary N) is 1. The summed E-state index contributed by atoms with van der Waals surface area (Å²) in [5, 5.41) is 10.7. The van der Waals surface area contributed by atoms with Crippen molar-refractivity contribution in [2.75, 3.05) is 17.7 Å². The fourth-order valence-corrected chi connectivity index (χ4v) is 2.00. The lowest BCUT2D eigenvalue weighted by atomic mass is 10.2. The van der Waals surface area contributed by atoms with E-state index in [9.17, 15) is 4.79 Å². The number of anilines is 2. The van der Waals surface area contributed by atoms with Crippen LogP contribution in [0.5, 0.6) is 5.75 Å². The Hall–Kier alpha value is -2.15. The van der Waals surface area contributed by atoms with Gasteiger partial charge >= 0.3 is 0 Å². The minimum Gasteiger partial charge on any atom is -0.494 e. The Labute approximate surface area is 121 Å². The van der Waals surface area contributed by atoms with Crippen molar-refractivity contribution in [3.05, 3.63) is 29.8 Å². The van der Waals surface area contributed by atoms with Gasteiger partial charge in [0.1, 0.15) is 5.75 Å². The molecule has 1 aromatic carbocycles. The Kier molecular flexibility index (Phi) is 4.89. The van der Waals surface area contributed by atoms with E-state index in [0.717, 1.165) is 29.9 Å². The number of aromatic nitrogens is 2. The Morgan fingerprint density at radius 3 is 2.70 bits per heavy atom. The van der Waals surface area contributed by atoms with Crippen LogP contribution in [0.1, 0.15) is 30.1 Å². The number of nitrogens with two attached hydrogens (primary N) is 1. The highest BCUT2D eigenvalue weighted by atomic mass is 32.1. The van der Waals surface area contributed by atoms with Gasteiger partial charge in [-0.2, -0.15) is 0 Å². The van der Waals surface area contributed by atoms with Gasteiger partial charge in [0.25, 0.3) is 5.91 Å². The standard InChI is InChI=1S/C13H16N4O2S/c1-2-3-8-19-10-6-4-9(5-7-10)11(18)15-13-17-16-12(14)20-13/h4-7H,2-3,8H2,1H3,(H2,14,16)(H,15,17,18). The second-order valence-electron chi connectivity index (χ2n) is 4.13. The van der Waals surface area contributed by atoms with Gasteiger partial charge in [0.05, 0.1) is 6.61 Å². The number of nitrogens with zero attached hydrogens (tertiary/aromatic N) is 2. The van der Waals surface area contributed by atoms with Crippen LogP contribution in [-0.4, -0.2) is 22.7 Å². The van der Waals surface area contributed by atoms with Crippen LogP contribution >= 0.6 is 11.3 Å². The Morgan fingerprint density at radius 2 is 2.10 bits per heavy atom. The molecule has 0 saturated heterocycles. The van der Waals surface area contributed by atoms with Crippen molar-refractivity contribution in [3.8, 4) is 5.75 Å². The second kappa shape index (κ2) is 6.85. The molecule has 0 radical (unpaired) electrons. The SMILES string of the molecule is CCCCOc1ccc(C(=O)Nc2nnc(N)s2)cc1. The number of carbonyl (C=O) groups is 1. The van der Waals surface area contributed by atoms with Crippen molar-refractivity contribution in [2.24, 2.45) is 0 Å². The lowest BCUT2D eigenvalue weighted by Gasteiger charge is -2.06. The normalized spacial score (nSPS) is 10.2. The van der Waals surface area contributed by atoms with Gasteiger partial charge in [-0.05, 0) is 30.7 Å². The molecular formula is C13H16N4O2S. The number of amides is 1. The zero-order valence-corrected chi connectivity index (χ0v) is 11.9. The summed E-state index contributed by atoms with van der Waals surface area (Å²) in [5.74, 6) is 0.511. The van der Waals surface area contributed by atoms with E-state index in [-0.39, 0.29) is 5.91 Å². The minimum absolute atomic E-state index is 0.249. The summed E-state index contributed by atoms with van der Waals surface area (Å²) in [6.45, 7) is 2.79. The predicted molar refractivity (Wildman–Crippen MR) is 79.1 cm³/mol. The zero-order chi connectivity index (χ0) is 14.4. The zero-order valence-electron chi connectivity index (χ0n) is 11.1. The molecule has 0 spiro atoms. The molecule has 0 fully saturated rings. The van der Waals surface area contributed by atoms with Gasteiger partial charge in [-0.1, -0.05) is 24.7 Å². The van der Waals surface area contributed by atoms with Crippen LogP contribution in [0.4, 0.5) is 10.3 Å². The maximum atomic E-state index is 11.9. The number of rotatable bonds is 6. The number of carbonyl (C=O) groups excluding carboxylic acids is 1. The first-order valence-corrected chi connectivity index (χ1v) is 7.14. The van der Waals surface area contributed by atoms with Crippen LogP contribution in [-0.2, 0) is 0 Å². The lowest BCUT2D eigenvalue weighted by Crippen LogP contribution is -2.11. The Morgan fingerprint density at radius 1 is 1.35 bits per heavy atom. The number of hydrogen-bond acceptors (Lipinski definition) is 6. The highest BCUT2D eigenvalue weighted by Crippen LogP contribution is 2.18. The summed E-state index contributed by atoms with van der Waals surface area (Å²) in [6, 6.07) is 6.97. The van der Waals surface area contributed by atoms with Gasteiger partial charge in [-0.25, -0.2) is 0 Å². The second-order valence-corrected chi connectivity index (χ2v) is 5.14. The van der Waals surface area contributed by atoms with E-state index >= 15 is 0 Å². The molecule has 0 saturated carbocycles. The van der Waals surface area contributed by atoms with Gasteiger partial charge < -0.3 is 10.5 Å². The van der Waals surface area contributed by atoms with E-state index in [1.807, 2.05) is 0 Å². The van der Waals surface area contributed by atoms with E-state index in [0.29, 0.717) is 22.4 Å². The van der Waals surface area contributed by atoms with Gasteiger partial charge in [-0.3, -0.25) is 10.1 Å². The molecule has 0 unspecified atom stereocenters.